The lowest BCUT2D eigenvalue weighted by molar-refractivity contribution is -0.140. The average Bonchev–Trinajstić information content (AvgIpc) is 3.05. The summed E-state index contributed by atoms with van der Waals surface area (Å²) < 4.78 is 5.51. The molecule has 2 amide bonds. The van der Waals surface area contributed by atoms with Crippen LogP contribution in [-0.4, -0.2) is 43.0 Å². The number of likely N-dealkylation sites (tertiary alicyclic amines) is 1. The second-order valence-corrected chi connectivity index (χ2v) is 6.65. The molecule has 2 aliphatic rings. The van der Waals surface area contributed by atoms with E-state index in [-0.39, 0.29) is 17.7 Å². The molecule has 2 fully saturated rings. The molecule has 0 unspecified atom stereocenters. The summed E-state index contributed by atoms with van der Waals surface area (Å²) in [4.78, 5) is 26.6. The van der Waals surface area contributed by atoms with Crippen molar-refractivity contribution in [2.24, 2.45) is 11.7 Å². The van der Waals surface area contributed by atoms with Gasteiger partial charge in [0.05, 0.1) is 11.3 Å². The lowest BCUT2D eigenvalue weighted by atomic mass is 9.71. The molecule has 2 N–H and O–H groups in total. The van der Waals surface area contributed by atoms with Crippen molar-refractivity contribution >= 4 is 11.8 Å². The molecular weight excluding hydrogens is 292 g/mol. The number of hydrogen-bond acceptors (Lipinski definition) is 3. The summed E-state index contributed by atoms with van der Waals surface area (Å²) in [5.41, 5.74) is 7.10. The van der Waals surface area contributed by atoms with Crippen LogP contribution in [0.1, 0.15) is 30.4 Å². The van der Waals surface area contributed by atoms with Gasteiger partial charge in [-0.1, -0.05) is 24.3 Å². The molecule has 0 radical (unpaired) electrons. The molecule has 1 aromatic carbocycles. The van der Waals surface area contributed by atoms with Gasteiger partial charge in [0.25, 0.3) is 0 Å². The Morgan fingerprint density at radius 2 is 1.96 bits per heavy atom. The minimum atomic E-state index is -0.532. The molecule has 124 valence electrons. The van der Waals surface area contributed by atoms with Crippen LogP contribution < -0.4 is 5.73 Å². The first-order chi connectivity index (χ1) is 11.0. The fourth-order valence-electron chi connectivity index (χ4n) is 3.91. The van der Waals surface area contributed by atoms with Gasteiger partial charge in [-0.05, 0) is 37.3 Å². The molecule has 1 atom stereocenters. The highest BCUT2D eigenvalue weighted by molar-refractivity contribution is 5.90. The number of nitrogens with two attached hydrogens (primary N) is 1. The van der Waals surface area contributed by atoms with Crippen LogP contribution in [0.4, 0.5) is 0 Å². The van der Waals surface area contributed by atoms with E-state index in [1.807, 2.05) is 17.0 Å². The second-order valence-electron chi connectivity index (χ2n) is 6.65. The summed E-state index contributed by atoms with van der Waals surface area (Å²) in [5, 5.41) is 0. The number of nitrogens with zero attached hydrogens (tertiary/aromatic N) is 1. The number of benzene rings is 1. The van der Waals surface area contributed by atoms with Crippen molar-refractivity contribution in [1.82, 2.24) is 4.90 Å². The van der Waals surface area contributed by atoms with Crippen LogP contribution in [0.2, 0.25) is 0 Å². The summed E-state index contributed by atoms with van der Waals surface area (Å²) in [6.45, 7) is 4.29. The number of carbonyl (C=O) groups is 2. The Kier molecular flexibility index (Phi) is 4.39. The smallest absolute Gasteiger partial charge is 0.233 e. The van der Waals surface area contributed by atoms with Crippen LogP contribution in [0, 0.1) is 12.8 Å². The number of primary amides is 1. The predicted molar refractivity (Wildman–Crippen MR) is 86.8 cm³/mol. The van der Waals surface area contributed by atoms with Crippen LogP contribution >= 0.6 is 0 Å². The van der Waals surface area contributed by atoms with Crippen molar-refractivity contribution in [2.75, 3.05) is 26.3 Å². The lowest BCUT2D eigenvalue weighted by Gasteiger charge is -2.40. The highest BCUT2D eigenvalue weighted by Gasteiger charge is 2.46. The maximum atomic E-state index is 13.4. The molecule has 0 spiro atoms. The number of aryl methyl sites for hydroxylation is 1. The molecular formula is C18H24N2O3. The molecule has 1 aromatic rings. The highest BCUT2D eigenvalue weighted by Crippen LogP contribution is 2.39. The first-order valence-electron chi connectivity index (χ1n) is 8.27. The normalized spacial score (nSPS) is 23.7. The van der Waals surface area contributed by atoms with Crippen LogP contribution in [0.25, 0.3) is 0 Å². The molecule has 0 saturated carbocycles. The van der Waals surface area contributed by atoms with Crippen molar-refractivity contribution in [2.45, 2.75) is 31.6 Å². The van der Waals surface area contributed by atoms with E-state index < -0.39 is 5.41 Å². The Morgan fingerprint density at radius 3 is 2.57 bits per heavy atom. The molecule has 5 heteroatoms. The molecule has 2 aliphatic heterocycles. The van der Waals surface area contributed by atoms with E-state index in [1.54, 1.807) is 0 Å². The van der Waals surface area contributed by atoms with Crippen molar-refractivity contribution < 1.29 is 14.3 Å². The van der Waals surface area contributed by atoms with Crippen molar-refractivity contribution in [3.05, 3.63) is 35.4 Å². The van der Waals surface area contributed by atoms with E-state index in [9.17, 15) is 9.59 Å². The monoisotopic (exact) mass is 316 g/mol. The summed E-state index contributed by atoms with van der Waals surface area (Å²) in [7, 11) is 0. The van der Waals surface area contributed by atoms with Gasteiger partial charge in [0, 0.05) is 26.3 Å². The molecule has 23 heavy (non-hydrogen) atoms. The third kappa shape index (κ3) is 2.85. The van der Waals surface area contributed by atoms with Gasteiger partial charge in [0.15, 0.2) is 0 Å². The molecule has 0 aromatic heterocycles. The van der Waals surface area contributed by atoms with Gasteiger partial charge >= 0.3 is 0 Å². The first kappa shape index (κ1) is 16.0. The number of amides is 2. The summed E-state index contributed by atoms with van der Waals surface area (Å²) in [5.74, 6) is -0.399. The number of rotatable bonds is 3. The molecule has 3 rings (SSSR count). The average molecular weight is 316 g/mol. The Labute approximate surface area is 136 Å². The van der Waals surface area contributed by atoms with Gasteiger partial charge in [-0.25, -0.2) is 0 Å². The molecule has 2 saturated heterocycles. The number of ether oxygens (including phenoxy) is 1. The van der Waals surface area contributed by atoms with E-state index in [1.165, 1.54) is 0 Å². The lowest BCUT2D eigenvalue weighted by Crippen LogP contribution is -2.49. The summed E-state index contributed by atoms with van der Waals surface area (Å²) >= 11 is 0. The van der Waals surface area contributed by atoms with Gasteiger partial charge in [-0.2, -0.15) is 0 Å². The Balaban J connectivity index is 1.92. The highest BCUT2D eigenvalue weighted by atomic mass is 16.5. The van der Waals surface area contributed by atoms with E-state index in [4.69, 9.17) is 10.5 Å². The van der Waals surface area contributed by atoms with Gasteiger partial charge in [0.2, 0.25) is 11.8 Å². The van der Waals surface area contributed by atoms with Crippen LogP contribution in [0.3, 0.4) is 0 Å². The Bertz CT molecular complexity index is 608. The summed E-state index contributed by atoms with van der Waals surface area (Å²) in [6.07, 6.45) is 2.05. The van der Waals surface area contributed by atoms with Gasteiger partial charge in [-0.15, -0.1) is 0 Å². The topological polar surface area (TPSA) is 72.6 Å². The zero-order valence-electron chi connectivity index (χ0n) is 13.6. The maximum absolute atomic E-state index is 13.4. The molecule has 5 nitrogen and oxygen atoms in total. The number of hydrogen-bond donors (Lipinski definition) is 1. The fraction of sp³-hybridized carbons (Fsp3) is 0.556. The molecule has 0 aliphatic carbocycles. The predicted octanol–water partition coefficient (Wildman–Crippen LogP) is 1.38. The van der Waals surface area contributed by atoms with Crippen molar-refractivity contribution in [3.63, 3.8) is 0 Å². The maximum Gasteiger partial charge on any atom is 0.233 e. The first-order valence-corrected chi connectivity index (χ1v) is 8.27. The second kappa shape index (κ2) is 6.32. The molecule has 0 bridgehead atoms. The van der Waals surface area contributed by atoms with E-state index in [0.29, 0.717) is 45.6 Å². The van der Waals surface area contributed by atoms with Crippen molar-refractivity contribution in [1.29, 1.82) is 0 Å². The van der Waals surface area contributed by atoms with Gasteiger partial charge in [0.1, 0.15) is 0 Å². The largest absolute Gasteiger partial charge is 0.381 e. The fourth-order valence-corrected chi connectivity index (χ4v) is 3.91. The number of carbonyl (C=O) groups excluding carboxylic acids is 2. The van der Waals surface area contributed by atoms with Crippen molar-refractivity contribution in [3.8, 4) is 0 Å². The van der Waals surface area contributed by atoms with Crippen LogP contribution in [-0.2, 0) is 19.7 Å². The minimum Gasteiger partial charge on any atom is -0.381 e. The van der Waals surface area contributed by atoms with E-state index >= 15 is 0 Å². The van der Waals surface area contributed by atoms with Gasteiger partial charge < -0.3 is 15.4 Å². The zero-order chi connectivity index (χ0) is 16.4. The quantitative estimate of drug-likeness (QED) is 0.915. The Morgan fingerprint density at radius 1 is 1.26 bits per heavy atom. The van der Waals surface area contributed by atoms with Crippen LogP contribution in [0.15, 0.2) is 24.3 Å². The SMILES string of the molecule is Cc1ccccc1C1(C(=O)N2CC[C@H](C(N)=O)C2)CCOCC1. The van der Waals surface area contributed by atoms with E-state index in [0.717, 1.165) is 11.1 Å². The zero-order valence-corrected chi connectivity index (χ0v) is 13.6. The third-order valence-corrected chi connectivity index (χ3v) is 5.29. The van der Waals surface area contributed by atoms with E-state index in [2.05, 4.69) is 19.1 Å². The van der Waals surface area contributed by atoms with Gasteiger partial charge in [-0.3, -0.25) is 9.59 Å². The Hall–Kier alpha value is -1.88. The minimum absolute atomic E-state index is 0.124. The third-order valence-electron chi connectivity index (χ3n) is 5.29. The van der Waals surface area contributed by atoms with Crippen LogP contribution in [0.5, 0.6) is 0 Å². The summed E-state index contributed by atoms with van der Waals surface area (Å²) in [6, 6.07) is 8.09. The standard InChI is InChI=1S/C18H24N2O3/c1-13-4-2-3-5-15(13)18(7-10-23-11-8-18)17(22)20-9-6-14(12-20)16(19)21/h2-5,14H,6-12H2,1H3,(H2,19,21)/t14-/m0/s1. The molecule has 2 heterocycles.